The first kappa shape index (κ1) is 13.2. The zero-order valence-electron chi connectivity index (χ0n) is 8.64. The van der Waals surface area contributed by atoms with Gasteiger partial charge in [-0.25, -0.2) is 4.79 Å². The number of nitro benzene ring substituents is 1. The van der Waals surface area contributed by atoms with Crippen molar-refractivity contribution in [1.29, 1.82) is 0 Å². The maximum atomic E-state index is 10.9. The normalized spacial score (nSPS) is 9.71. The van der Waals surface area contributed by atoms with E-state index in [0.29, 0.717) is 4.48 Å². The highest BCUT2D eigenvalue weighted by Crippen LogP contribution is 2.23. The van der Waals surface area contributed by atoms with Crippen molar-refractivity contribution in [2.24, 2.45) is 0 Å². The Morgan fingerprint density at radius 3 is 2.71 bits per heavy atom. The molecule has 0 aliphatic heterocycles. The van der Waals surface area contributed by atoms with Crippen LogP contribution < -0.4 is 5.32 Å². The number of hydrogen-bond acceptors (Lipinski definition) is 4. The highest BCUT2D eigenvalue weighted by atomic mass is 79.9. The molecule has 0 aliphatic rings. The third-order valence-corrected chi connectivity index (χ3v) is 2.20. The highest BCUT2D eigenvalue weighted by molar-refractivity contribution is 9.11. The molecule has 7 heteroatoms. The topological polar surface area (TPSA) is 92.5 Å². The summed E-state index contributed by atoms with van der Waals surface area (Å²) in [4.78, 5) is 20.9. The number of carbonyl (C=O) groups is 1. The number of hydrogen-bond donors (Lipinski definition) is 2. The first-order valence-corrected chi connectivity index (χ1v) is 5.30. The van der Waals surface area contributed by atoms with E-state index in [2.05, 4.69) is 27.8 Å². The largest absolute Gasteiger partial charge is 0.478 e. The molecule has 0 spiro atoms. The smallest absolute Gasteiger partial charge is 0.337 e. The molecule has 0 amide bonds. The molecule has 0 bridgehead atoms. The number of non-ortho nitro benzene ring substituents is 1. The van der Waals surface area contributed by atoms with Gasteiger partial charge in [-0.15, -0.1) is 0 Å². The Hall–Kier alpha value is -1.89. The molecule has 0 heterocycles. The lowest BCUT2D eigenvalue weighted by atomic mass is 10.1. The van der Waals surface area contributed by atoms with Crippen LogP contribution in [0.4, 0.5) is 11.4 Å². The van der Waals surface area contributed by atoms with Crippen LogP contribution in [-0.4, -0.2) is 22.5 Å². The zero-order valence-corrected chi connectivity index (χ0v) is 10.2. The van der Waals surface area contributed by atoms with E-state index < -0.39 is 10.9 Å². The summed E-state index contributed by atoms with van der Waals surface area (Å²) < 4.78 is 0.611. The monoisotopic (exact) mass is 300 g/mol. The molecule has 0 fully saturated rings. The van der Waals surface area contributed by atoms with Gasteiger partial charge in [0.2, 0.25) is 0 Å². The van der Waals surface area contributed by atoms with E-state index in [1.807, 2.05) is 0 Å². The average Bonchev–Trinajstić information content (AvgIpc) is 2.25. The Labute approximate surface area is 105 Å². The third-order valence-electron chi connectivity index (χ3n) is 1.92. The first-order chi connectivity index (χ1) is 7.91. The minimum Gasteiger partial charge on any atom is -0.478 e. The van der Waals surface area contributed by atoms with E-state index in [0.717, 1.165) is 6.07 Å². The molecule has 0 atom stereocenters. The van der Waals surface area contributed by atoms with Gasteiger partial charge in [-0.2, -0.15) is 0 Å². The highest BCUT2D eigenvalue weighted by Gasteiger charge is 2.14. The van der Waals surface area contributed by atoms with Gasteiger partial charge in [0.25, 0.3) is 5.69 Å². The van der Waals surface area contributed by atoms with Crippen LogP contribution in [0.5, 0.6) is 0 Å². The van der Waals surface area contributed by atoms with Gasteiger partial charge in [0.1, 0.15) is 0 Å². The van der Waals surface area contributed by atoms with E-state index in [4.69, 9.17) is 5.11 Å². The summed E-state index contributed by atoms with van der Waals surface area (Å²) >= 11 is 3.10. The van der Waals surface area contributed by atoms with Crippen molar-refractivity contribution in [3.8, 4) is 0 Å². The van der Waals surface area contributed by atoms with Gasteiger partial charge in [-0.3, -0.25) is 10.1 Å². The Morgan fingerprint density at radius 1 is 1.59 bits per heavy atom. The van der Waals surface area contributed by atoms with Gasteiger partial charge in [0, 0.05) is 23.2 Å². The lowest BCUT2D eigenvalue weighted by Gasteiger charge is -2.08. The summed E-state index contributed by atoms with van der Waals surface area (Å²) in [5.41, 5.74) is -0.00525. The standard InChI is InChI=1S/C10H9BrN2O4/c1-6(11)5-12-9-4-7(13(16)17)2-3-8(9)10(14)15/h2-4,12H,1,5H2,(H,14,15). The van der Waals surface area contributed by atoms with Gasteiger partial charge >= 0.3 is 5.97 Å². The molecule has 0 unspecified atom stereocenters. The van der Waals surface area contributed by atoms with Crippen LogP contribution in [0.15, 0.2) is 29.3 Å². The maximum absolute atomic E-state index is 10.9. The summed E-state index contributed by atoms with van der Waals surface area (Å²) in [6, 6.07) is 3.52. The summed E-state index contributed by atoms with van der Waals surface area (Å²) in [5.74, 6) is -1.15. The van der Waals surface area contributed by atoms with E-state index in [-0.39, 0.29) is 23.5 Å². The summed E-state index contributed by atoms with van der Waals surface area (Å²) in [6.45, 7) is 3.85. The number of halogens is 1. The predicted molar refractivity (Wildman–Crippen MR) is 66.6 cm³/mol. The molecular weight excluding hydrogens is 292 g/mol. The van der Waals surface area contributed by atoms with Gasteiger partial charge in [0.05, 0.1) is 16.2 Å². The minimum absolute atomic E-state index is 0.0237. The zero-order chi connectivity index (χ0) is 13.0. The number of carboxylic acid groups (broad SMARTS) is 1. The van der Waals surface area contributed by atoms with Crippen LogP contribution in [0, 0.1) is 10.1 Å². The van der Waals surface area contributed by atoms with Gasteiger partial charge in [-0.05, 0) is 6.07 Å². The molecule has 0 aromatic heterocycles. The third kappa shape index (κ3) is 3.56. The number of nitrogens with one attached hydrogen (secondary N) is 1. The summed E-state index contributed by atoms with van der Waals surface area (Å²) in [5, 5.41) is 22.2. The molecule has 17 heavy (non-hydrogen) atoms. The van der Waals surface area contributed by atoms with Crippen molar-refractivity contribution in [2.75, 3.05) is 11.9 Å². The fourth-order valence-electron chi connectivity index (χ4n) is 1.17. The number of nitrogens with zero attached hydrogens (tertiary/aromatic N) is 1. The van der Waals surface area contributed by atoms with Crippen LogP contribution in [0.2, 0.25) is 0 Å². The Morgan fingerprint density at radius 2 is 2.24 bits per heavy atom. The lowest BCUT2D eigenvalue weighted by molar-refractivity contribution is -0.384. The van der Waals surface area contributed by atoms with Crippen LogP contribution in [0.25, 0.3) is 0 Å². The van der Waals surface area contributed by atoms with E-state index in [1.54, 1.807) is 0 Å². The van der Waals surface area contributed by atoms with Crippen LogP contribution in [0.1, 0.15) is 10.4 Å². The van der Waals surface area contributed by atoms with Gasteiger partial charge < -0.3 is 10.4 Å². The predicted octanol–water partition coefficient (Wildman–Crippen LogP) is 2.61. The van der Waals surface area contributed by atoms with Crippen LogP contribution >= 0.6 is 15.9 Å². The number of nitro groups is 1. The van der Waals surface area contributed by atoms with Gasteiger partial charge in [0.15, 0.2) is 0 Å². The number of anilines is 1. The van der Waals surface area contributed by atoms with Crippen molar-refractivity contribution in [3.63, 3.8) is 0 Å². The molecule has 6 nitrogen and oxygen atoms in total. The molecule has 0 saturated heterocycles. The molecule has 1 rings (SSSR count). The van der Waals surface area contributed by atoms with Crippen molar-refractivity contribution in [2.45, 2.75) is 0 Å². The van der Waals surface area contributed by atoms with Crippen molar-refractivity contribution >= 4 is 33.3 Å². The second-order valence-electron chi connectivity index (χ2n) is 3.16. The molecule has 1 aromatic carbocycles. The van der Waals surface area contributed by atoms with Crippen LogP contribution in [0.3, 0.4) is 0 Å². The SMILES string of the molecule is C=C(Br)CNc1cc([N+](=O)[O-])ccc1C(=O)O. The quantitative estimate of drug-likeness (QED) is 0.644. The van der Waals surface area contributed by atoms with E-state index in [9.17, 15) is 14.9 Å². The molecule has 0 radical (unpaired) electrons. The fraction of sp³-hybridized carbons (Fsp3) is 0.100. The number of benzene rings is 1. The molecule has 0 saturated carbocycles. The minimum atomic E-state index is -1.15. The average molecular weight is 301 g/mol. The second kappa shape index (κ2) is 5.44. The van der Waals surface area contributed by atoms with Crippen molar-refractivity contribution in [1.82, 2.24) is 0 Å². The number of aromatic carboxylic acids is 1. The molecule has 1 aromatic rings. The molecular formula is C10H9BrN2O4. The van der Waals surface area contributed by atoms with Crippen molar-refractivity contribution in [3.05, 3.63) is 44.9 Å². The van der Waals surface area contributed by atoms with E-state index in [1.165, 1.54) is 12.1 Å². The fourth-order valence-corrected chi connectivity index (χ4v) is 1.31. The van der Waals surface area contributed by atoms with Crippen molar-refractivity contribution < 1.29 is 14.8 Å². The summed E-state index contributed by atoms with van der Waals surface area (Å²) in [6.07, 6.45) is 0. The number of rotatable bonds is 5. The number of carboxylic acids is 1. The second-order valence-corrected chi connectivity index (χ2v) is 4.28. The summed E-state index contributed by atoms with van der Waals surface area (Å²) in [7, 11) is 0. The lowest BCUT2D eigenvalue weighted by Crippen LogP contribution is -2.08. The molecule has 0 aliphatic carbocycles. The first-order valence-electron chi connectivity index (χ1n) is 4.50. The Balaban J connectivity index is 3.11. The molecule has 90 valence electrons. The van der Waals surface area contributed by atoms with Crippen LogP contribution in [-0.2, 0) is 0 Å². The molecule has 2 N–H and O–H groups in total. The maximum Gasteiger partial charge on any atom is 0.337 e. The Bertz CT molecular complexity index is 487. The Kier molecular flexibility index (Phi) is 4.22. The van der Waals surface area contributed by atoms with Gasteiger partial charge in [-0.1, -0.05) is 22.5 Å². The van der Waals surface area contributed by atoms with E-state index >= 15 is 0 Å².